The third-order valence-electron chi connectivity index (χ3n) is 2.38. The maximum atomic E-state index is 11.5. The molecule has 80 valence electrons. The summed E-state index contributed by atoms with van der Waals surface area (Å²) in [6.45, 7) is 0. The molecule has 6 heteroatoms. The highest BCUT2D eigenvalue weighted by molar-refractivity contribution is 7.07. The summed E-state index contributed by atoms with van der Waals surface area (Å²) in [5, 5.41) is 12.3. The highest BCUT2D eigenvalue weighted by atomic mass is 32.1. The van der Waals surface area contributed by atoms with Crippen molar-refractivity contribution < 1.29 is 14.7 Å². The van der Waals surface area contributed by atoms with Crippen LogP contribution in [0, 0.1) is 11.8 Å². The highest BCUT2D eigenvalue weighted by Gasteiger charge is 2.43. The molecule has 0 radical (unpaired) electrons. The molecule has 0 aliphatic heterocycles. The molecule has 2 rings (SSSR count). The van der Waals surface area contributed by atoms with E-state index < -0.39 is 17.8 Å². The minimum absolute atomic E-state index is 0.359. The van der Waals surface area contributed by atoms with E-state index in [-0.39, 0.29) is 5.91 Å². The van der Waals surface area contributed by atoms with Gasteiger partial charge in [-0.2, -0.15) is 4.99 Å². The van der Waals surface area contributed by atoms with Gasteiger partial charge in [0.15, 0.2) is 4.80 Å². The van der Waals surface area contributed by atoms with Gasteiger partial charge in [0.1, 0.15) is 0 Å². The van der Waals surface area contributed by atoms with Crippen molar-refractivity contribution in [1.29, 1.82) is 0 Å². The largest absolute Gasteiger partial charge is 0.550 e. The number of hydrogen-bond donors (Lipinski definition) is 0. The fourth-order valence-electron chi connectivity index (χ4n) is 1.34. The molecule has 5 nitrogen and oxygen atoms in total. The van der Waals surface area contributed by atoms with Gasteiger partial charge in [-0.1, -0.05) is 0 Å². The maximum Gasteiger partial charge on any atom is 0.252 e. The Morgan fingerprint density at radius 3 is 2.80 bits per heavy atom. The first-order chi connectivity index (χ1) is 7.09. The molecule has 15 heavy (non-hydrogen) atoms. The number of carboxylic acid groups (broad SMARTS) is 1. The Labute approximate surface area is 89.7 Å². The fraction of sp³-hybridized carbons (Fsp3) is 0.444. The van der Waals surface area contributed by atoms with E-state index >= 15 is 0 Å². The van der Waals surface area contributed by atoms with Crippen LogP contribution >= 0.6 is 11.3 Å². The predicted octanol–water partition coefficient (Wildman–Crippen LogP) is -1.10. The van der Waals surface area contributed by atoms with Gasteiger partial charge in [-0.25, -0.2) is 0 Å². The standard InChI is InChI=1S/C9H10N2O3S/c1-11-2-3-15-9(11)10-7(12)5-4-6(5)8(13)14/h2-3,5-6H,4H2,1H3,(H,13,14)/p-1/t5-,6-/m0/s1. The van der Waals surface area contributed by atoms with Crippen LogP contribution in [0.3, 0.4) is 0 Å². The number of aryl methyl sites for hydroxylation is 1. The average Bonchev–Trinajstić information content (AvgIpc) is 2.88. The molecule has 1 aliphatic rings. The van der Waals surface area contributed by atoms with E-state index in [0.717, 1.165) is 0 Å². The Bertz CT molecular complexity index is 474. The van der Waals surface area contributed by atoms with Crippen LogP contribution in [0.25, 0.3) is 0 Å². The number of thiazole rings is 1. The Morgan fingerprint density at radius 2 is 2.33 bits per heavy atom. The lowest BCUT2D eigenvalue weighted by atomic mass is 10.3. The molecule has 2 atom stereocenters. The smallest absolute Gasteiger partial charge is 0.252 e. The summed E-state index contributed by atoms with van der Waals surface area (Å²) >= 11 is 1.35. The van der Waals surface area contributed by atoms with Crippen LogP contribution in [0.1, 0.15) is 6.42 Å². The van der Waals surface area contributed by atoms with Gasteiger partial charge in [0, 0.05) is 36.4 Å². The second-order valence-corrected chi connectivity index (χ2v) is 4.39. The Hall–Kier alpha value is -1.43. The SMILES string of the molecule is Cn1ccsc1=NC(=O)[C@H]1C[C@@H]1C(=O)[O-]. The second kappa shape index (κ2) is 3.62. The van der Waals surface area contributed by atoms with Crippen molar-refractivity contribution in [3.05, 3.63) is 16.4 Å². The third kappa shape index (κ3) is 1.99. The topological polar surface area (TPSA) is 74.5 Å². The maximum absolute atomic E-state index is 11.5. The van der Waals surface area contributed by atoms with E-state index in [2.05, 4.69) is 4.99 Å². The van der Waals surface area contributed by atoms with Crippen LogP contribution in [-0.4, -0.2) is 16.4 Å². The van der Waals surface area contributed by atoms with Crippen LogP contribution in [-0.2, 0) is 16.6 Å². The van der Waals surface area contributed by atoms with Gasteiger partial charge in [-0.05, 0) is 6.42 Å². The molecule has 0 aromatic carbocycles. The summed E-state index contributed by atoms with van der Waals surface area (Å²) in [6, 6.07) is 0. The molecular weight excluding hydrogens is 216 g/mol. The van der Waals surface area contributed by atoms with Gasteiger partial charge in [-0.15, -0.1) is 11.3 Å². The minimum atomic E-state index is -1.15. The van der Waals surface area contributed by atoms with Crippen molar-refractivity contribution in [1.82, 2.24) is 4.57 Å². The highest BCUT2D eigenvalue weighted by Crippen LogP contribution is 2.38. The summed E-state index contributed by atoms with van der Waals surface area (Å²) in [7, 11) is 1.78. The first-order valence-corrected chi connectivity index (χ1v) is 5.37. The molecule has 0 bridgehead atoms. The molecular formula is C9H9N2O3S-. The number of aliphatic carboxylic acids is 1. The fourth-order valence-corrected chi connectivity index (χ4v) is 2.08. The van der Waals surface area contributed by atoms with E-state index in [9.17, 15) is 14.7 Å². The van der Waals surface area contributed by atoms with Crippen molar-refractivity contribution in [2.45, 2.75) is 6.42 Å². The minimum Gasteiger partial charge on any atom is -0.550 e. The van der Waals surface area contributed by atoms with Crippen molar-refractivity contribution in [3.63, 3.8) is 0 Å². The molecule has 1 heterocycles. The van der Waals surface area contributed by atoms with E-state index in [0.29, 0.717) is 11.2 Å². The molecule has 0 saturated heterocycles. The quantitative estimate of drug-likeness (QED) is 0.641. The molecule has 0 unspecified atom stereocenters. The average molecular weight is 225 g/mol. The first kappa shape index (κ1) is 10.1. The van der Waals surface area contributed by atoms with Gasteiger partial charge < -0.3 is 14.5 Å². The van der Waals surface area contributed by atoms with Crippen LogP contribution in [0.4, 0.5) is 0 Å². The number of amides is 1. The van der Waals surface area contributed by atoms with Gasteiger partial charge in [-0.3, -0.25) is 4.79 Å². The van der Waals surface area contributed by atoms with E-state index in [1.165, 1.54) is 11.3 Å². The second-order valence-electron chi connectivity index (χ2n) is 3.51. The Morgan fingerprint density at radius 1 is 1.60 bits per heavy atom. The van der Waals surface area contributed by atoms with Crippen molar-refractivity contribution in [2.24, 2.45) is 23.9 Å². The zero-order valence-electron chi connectivity index (χ0n) is 8.04. The summed E-state index contributed by atoms with van der Waals surface area (Å²) in [6.07, 6.45) is 2.15. The predicted molar refractivity (Wildman–Crippen MR) is 50.5 cm³/mol. The lowest BCUT2D eigenvalue weighted by Crippen LogP contribution is -2.26. The van der Waals surface area contributed by atoms with Gasteiger partial charge >= 0.3 is 0 Å². The van der Waals surface area contributed by atoms with Crippen LogP contribution in [0.2, 0.25) is 0 Å². The van der Waals surface area contributed by atoms with E-state index in [1.807, 2.05) is 5.38 Å². The van der Waals surface area contributed by atoms with E-state index in [1.54, 1.807) is 17.8 Å². The number of aromatic nitrogens is 1. The molecule has 1 fully saturated rings. The van der Waals surface area contributed by atoms with Crippen molar-refractivity contribution in [3.8, 4) is 0 Å². The summed E-state index contributed by atoms with van der Waals surface area (Å²) in [5.41, 5.74) is 0. The number of nitrogens with zero attached hydrogens (tertiary/aromatic N) is 2. The lowest BCUT2D eigenvalue weighted by Gasteiger charge is -1.96. The number of carboxylic acids is 1. The monoisotopic (exact) mass is 225 g/mol. The Balaban J connectivity index is 2.13. The van der Waals surface area contributed by atoms with Gasteiger partial charge in [0.05, 0.1) is 0 Å². The third-order valence-corrected chi connectivity index (χ3v) is 3.22. The summed E-state index contributed by atoms with van der Waals surface area (Å²) in [4.78, 5) is 26.4. The molecule has 1 amide bonds. The van der Waals surface area contributed by atoms with Crippen molar-refractivity contribution in [2.75, 3.05) is 0 Å². The summed E-state index contributed by atoms with van der Waals surface area (Å²) < 4.78 is 1.72. The van der Waals surface area contributed by atoms with Crippen LogP contribution < -0.4 is 9.91 Å². The van der Waals surface area contributed by atoms with Crippen LogP contribution in [0.15, 0.2) is 16.6 Å². The molecule has 0 spiro atoms. The molecule has 1 aromatic heterocycles. The van der Waals surface area contributed by atoms with Gasteiger partial charge in [0.25, 0.3) is 5.91 Å². The zero-order valence-corrected chi connectivity index (χ0v) is 8.86. The number of carbonyl (C=O) groups excluding carboxylic acids is 2. The first-order valence-electron chi connectivity index (χ1n) is 4.49. The molecule has 1 aliphatic carbocycles. The molecule has 1 aromatic rings. The van der Waals surface area contributed by atoms with E-state index in [4.69, 9.17) is 0 Å². The number of rotatable bonds is 2. The summed E-state index contributed by atoms with van der Waals surface area (Å²) in [5.74, 6) is -2.62. The van der Waals surface area contributed by atoms with Crippen molar-refractivity contribution >= 4 is 23.2 Å². The number of carbonyl (C=O) groups is 2. The molecule has 1 saturated carbocycles. The lowest BCUT2D eigenvalue weighted by molar-refractivity contribution is -0.308. The van der Waals surface area contributed by atoms with Crippen LogP contribution in [0.5, 0.6) is 0 Å². The Kier molecular flexibility index (Phi) is 2.44. The normalized spacial score (nSPS) is 25.3. The number of hydrogen-bond acceptors (Lipinski definition) is 4. The zero-order chi connectivity index (χ0) is 11.0. The molecule has 0 N–H and O–H groups in total. The van der Waals surface area contributed by atoms with Gasteiger partial charge in [0.2, 0.25) is 0 Å².